The van der Waals surface area contributed by atoms with Gasteiger partial charge in [-0.25, -0.2) is 0 Å². The zero-order valence-corrected chi connectivity index (χ0v) is 15.2. The highest BCUT2D eigenvalue weighted by atomic mass is 16.5. The monoisotopic (exact) mass is 366 g/mol. The number of fused-ring (bicyclic) bond motifs is 3. The number of esters is 1. The molecule has 0 radical (unpaired) electrons. The van der Waals surface area contributed by atoms with Crippen molar-refractivity contribution in [1.29, 1.82) is 0 Å². The molecule has 0 bridgehead atoms. The van der Waals surface area contributed by atoms with Gasteiger partial charge in [0.2, 0.25) is 0 Å². The number of rotatable bonds is 3. The van der Waals surface area contributed by atoms with Gasteiger partial charge in [0.15, 0.2) is 5.78 Å². The van der Waals surface area contributed by atoms with E-state index in [1.807, 2.05) is 54.6 Å². The molecule has 0 N–H and O–H groups in total. The topological polar surface area (TPSA) is 43.4 Å². The molecule has 3 nitrogen and oxygen atoms in total. The van der Waals surface area contributed by atoms with Crippen molar-refractivity contribution in [3.05, 3.63) is 95.6 Å². The SMILES string of the molecule is O=C(OCc1c2ccccc2cc2ccccc12)C1Cc2ccccc2C1=O. The number of hydrogen-bond acceptors (Lipinski definition) is 3. The third-order valence-corrected chi connectivity index (χ3v) is 5.55. The molecule has 4 aromatic carbocycles. The predicted molar refractivity (Wildman–Crippen MR) is 109 cm³/mol. The molecule has 0 fully saturated rings. The summed E-state index contributed by atoms with van der Waals surface area (Å²) in [6.45, 7) is 0.154. The Hall–Kier alpha value is -3.46. The van der Waals surface area contributed by atoms with E-state index in [-0.39, 0.29) is 12.4 Å². The van der Waals surface area contributed by atoms with Crippen LogP contribution in [0.25, 0.3) is 21.5 Å². The molecular formula is C25H18O3. The van der Waals surface area contributed by atoms with Gasteiger partial charge in [-0.15, -0.1) is 0 Å². The lowest BCUT2D eigenvalue weighted by molar-refractivity contribution is -0.147. The average Bonchev–Trinajstić information content (AvgIpc) is 3.08. The lowest BCUT2D eigenvalue weighted by Crippen LogP contribution is -2.23. The molecule has 5 rings (SSSR count). The maximum atomic E-state index is 12.7. The molecule has 1 aliphatic rings. The Labute approximate surface area is 162 Å². The van der Waals surface area contributed by atoms with Gasteiger partial charge in [-0.05, 0) is 39.6 Å². The fourth-order valence-corrected chi connectivity index (χ4v) is 4.14. The first-order chi connectivity index (χ1) is 13.7. The summed E-state index contributed by atoms with van der Waals surface area (Å²) in [5.74, 6) is -1.32. The molecule has 1 aliphatic carbocycles. The Morgan fingerprint density at radius 1 is 0.857 bits per heavy atom. The van der Waals surface area contributed by atoms with E-state index in [1.54, 1.807) is 6.07 Å². The van der Waals surface area contributed by atoms with Crippen LogP contribution in [0.2, 0.25) is 0 Å². The first kappa shape index (κ1) is 16.7. The van der Waals surface area contributed by atoms with Gasteiger partial charge in [0.1, 0.15) is 12.5 Å². The van der Waals surface area contributed by atoms with Crippen molar-refractivity contribution in [1.82, 2.24) is 0 Å². The molecule has 136 valence electrons. The fraction of sp³-hybridized carbons (Fsp3) is 0.120. The zero-order valence-electron chi connectivity index (χ0n) is 15.2. The van der Waals surface area contributed by atoms with Crippen molar-refractivity contribution in [2.24, 2.45) is 5.92 Å². The Balaban J connectivity index is 1.46. The van der Waals surface area contributed by atoms with E-state index in [1.165, 1.54) is 0 Å². The minimum atomic E-state index is -0.737. The predicted octanol–water partition coefficient (Wildman–Crippen LogP) is 5.09. The minimum Gasteiger partial charge on any atom is -0.460 e. The van der Waals surface area contributed by atoms with Crippen LogP contribution in [0.15, 0.2) is 78.9 Å². The Morgan fingerprint density at radius 2 is 1.46 bits per heavy atom. The Morgan fingerprint density at radius 3 is 2.14 bits per heavy atom. The third kappa shape index (κ3) is 2.67. The molecule has 0 aliphatic heterocycles. The smallest absolute Gasteiger partial charge is 0.317 e. The summed E-state index contributed by atoms with van der Waals surface area (Å²) < 4.78 is 5.67. The molecule has 0 saturated heterocycles. The summed E-state index contributed by atoms with van der Waals surface area (Å²) in [7, 11) is 0. The summed E-state index contributed by atoms with van der Waals surface area (Å²) in [6.07, 6.45) is 0.421. The highest BCUT2D eigenvalue weighted by Gasteiger charge is 2.36. The molecule has 1 atom stereocenters. The van der Waals surface area contributed by atoms with Crippen molar-refractivity contribution < 1.29 is 14.3 Å². The lowest BCUT2D eigenvalue weighted by atomic mass is 9.97. The number of carbonyl (C=O) groups is 2. The van der Waals surface area contributed by atoms with Gasteiger partial charge in [-0.3, -0.25) is 9.59 Å². The normalized spacial score (nSPS) is 15.7. The van der Waals surface area contributed by atoms with E-state index >= 15 is 0 Å². The van der Waals surface area contributed by atoms with Crippen LogP contribution in [0.3, 0.4) is 0 Å². The van der Waals surface area contributed by atoms with Gasteiger partial charge < -0.3 is 4.74 Å². The van der Waals surface area contributed by atoms with E-state index in [4.69, 9.17) is 4.74 Å². The van der Waals surface area contributed by atoms with Crippen LogP contribution in [0, 0.1) is 5.92 Å². The molecule has 4 aromatic rings. The van der Waals surface area contributed by atoms with Crippen molar-refractivity contribution in [3.8, 4) is 0 Å². The molecule has 0 spiro atoms. The largest absolute Gasteiger partial charge is 0.460 e. The second-order valence-electron chi connectivity index (χ2n) is 7.18. The molecule has 1 unspecified atom stereocenters. The number of ketones is 1. The van der Waals surface area contributed by atoms with E-state index in [0.29, 0.717) is 12.0 Å². The van der Waals surface area contributed by atoms with Crippen LogP contribution in [0.1, 0.15) is 21.5 Å². The lowest BCUT2D eigenvalue weighted by Gasteiger charge is -2.14. The Kier molecular flexibility index (Phi) is 3.94. The van der Waals surface area contributed by atoms with Crippen LogP contribution >= 0.6 is 0 Å². The van der Waals surface area contributed by atoms with Gasteiger partial charge in [0, 0.05) is 11.1 Å². The summed E-state index contributed by atoms with van der Waals surface area (Å²) in [4.78, 5) is 25.3. The van der Waals surface area contributed by atoms with E-state index in [2.05, 4.69) is 18.2 Å². The van der Waals surface area contributed by atoms with Crippen LogP contribution < -0.4 is 0 Å². The molecule has 28 heavy (non-hydrogen) atoms. The molecule has 0 amide bonds. The highest BCUT2D eigenvalue weighted by molar-refractivity contribution is 6.12. The van der Waals surface area contributed by atoms with Crippen molar-refractivity contribution in [2.45, 2.75) is 13.0 Å². The van der Waals surface area contributed by atoms with Gasteiger partial charge in [-0.2, -0.15) is 0 Å². The van der Waals surface area contributed by atoms with Crippen LogP contribution in [-0.4, -0.2) is 11.8 Å². The number of hydrogen-bond donors (Lipinski definition) is 0. The first-order valence-electron chi connectivity index (χ1n) is 9.40. The quantitative estimate of drug-likeness (QED) is 0.288. The van der Waals surface area contributed by atoms with Gasteiger partial charge in [0.05, 0.1) is 0 Å². The van der Waals surface area contributed by atoms with E-state index in [9.17, 15) is 9.59 Å². The summed E-state index contributed by atoms with van der Waals surface area (Å²) in [6, 6.07) is 25.7. The number of ether oxygens (including phenoxy) is 1. The van der Waals surface area contributed by atoms with E-state index < -0.39 is 11.9 Å². The zero-order chi connectivity index (χ0) is 19.1. The maximum absolute atomic E-state index is 12.7. The summed E-state index contributed by atoms with van der Waals surface area (Å²) >= 11 is 0. The van der Waals surface area contributed by atoms with Crippen molar-refractivity contribution in [3.63, 3.8) is 0 Å². The van der Waals surface area contributed by atoms with Crippen LogP contribution in [-0.2, 0) is 22.6 Å². The second kappa shape index (κ2) is 6.61. The maximum Gasteiger partial charge on any atom is 0.317 e. The molecule has 0 aromatic heterocycles. The summed E-state index contributed by atoms with van der Waals surface area (Å²) in [5.41, 5.74) is 2.54. The Bertz CT molecular complexity index is 1180. The average molecular weight is 366 g/mol. The minimum absolute atomic E-state index is 0.136. The second-order valence-corrected chi connectivity index (χ2v) is 7.18. The summed E-state index contributed by atoms with van der Waals surface area (Å²) in [5, 5.41) is 4.35. The first-order valence-corrected chi connectivity index (χ1v) is 9.40. The van der Waals surface area contributed by atoms with Gasteiger partial charge in [-0.1, -0.05) is 72.8 Å². The molecule has 0 saturated carbocycles. The number of carbonyl (C=O) groups excluding carboxylic acids is 2. The standard InChI is InChI=1S/C25H18O3/c26-24-21-12-6-3-9-18(21)14-22(24)25(27)28-15-23-19-10-4-1-7-16(19)13-17-8-2-5-11-20(17)23/h1-13,22H,14-15H2. The third-order valence-electron chi connectivity index (χ3n) is 5.55. The van der Waals surface area contributed by atoms with E-state index in [0.717, 1.165) is 32.7 Å². The highest BCUT2D eigenvalue weighted by Crippen LogP contribution is 2.31. The van der Waals surface area contributed by atoms with Crippen molar-refractivity contribution >= 4 is 33.3 Å². The van der Waals surface area contributed by atoms with Crippen molar-refractivity contribution in [2.75, 3.05) is 0 Å². The van der Waals surface area contributed by atoms with Crippen LogP contribution in [0.4, 0.5) is 0 Å². The van der Waals surface area contributed by atoms with Crippen LogP contribution in [0.5, 0.6) is 0 Å². The number of Topliss-reactive ketones (excluding diaryl/α,β-unsaturated/α-hetero) is 1. The molecule has 3 heteroatoms. The molecular weight excluding hydrogens is 348 g/mol. The molecule has 0 heterocycles. The fourth-order valence-electron chi connectivity index (χ4n) is 4.14. The van der Waals surface area contributed by atoms with Gasteiger partial charge >= 0.3 is 5.97 Å². The van der Waals surface area contributed by atoms with Gasteiger partial charge in [0.25, 0.3) is 0 Å². The number of benzene rings is 4.